The standard InChI is InChI=1S/C23H17FN6O3/c1-12-21-16(14-4-7-18-19(8-14)33-11-32-18)9-20(31)27-22(21)30(29-12)23-26-17(10-25-28-23)13-2-5-15(24)6-3-13/h2-8,10,16H,9,11H2,1H3,(H,27,31). The fourth-order valence-electron chi connectivity index (χ4n) is 4.25. The predicted octanol–water partition coefficient (Wildman–Crippen LogP) is 3.37. The molecule has 4 aromatic rings. The zero-order valence-electron chi connectivity index (χ0n) is 17.4. The molecule has 2 aromatic heterocycles. The minimum atomic E-state index is -0.338. The number of halogens is 1. The van der Waals surface area contributed by atoms with E-state index in [4.69, 9.17) is 9.47 Å². The first-order valence-corrected chi connectivity index (χ1v) is 10.3. The summed E-state index contributed by atoms with van der Waals surface area (Å²) >= 11 is 0. The largest absolute Gasteiger partial charge is 0.454 e. The Morgan fingerprint density at radius 2 is 1.94 bits per heavy atom. The molecule has 1 amide bonds. The third-order valence-electron chi connectivity index (χ3n) is 5.78. The van der Waals surface area contributed by atoms with Crippen molar-refractivity contribution in [2.75, 3.05) is 12.1 Å². The number of ether oxygens (including phenoxy) is 2. The van der Waals surface area contributed by atoms with Crippen molar-refractivity contribution >= 4 is 11.7 Å². The highest BCUT2D eigenvalue weighted by atomic mass is 19.1. The minimum Gasteiger partial charge on any atom is -0.454 e. The molecule has 0 aliphatic carbocycles. The lowest BCUT2D eigenvalue weighted by molar-refractivity contribution is -0.116. The Balaban J connectivity index is 1.44. The van der Waals surface area contributed by atoms with Crippen molar-refractivity contribution in [3.8, 4) is 28.7 Å². The zero-order chi connectivity index (χ0) is 22.5. The number of benzene rings is 2. The number of fused-ring (bicyclic) bond motifs is 2. The first-order valence-electron chi connectivity index (χ1n) is 10.3. The monoisotopic (exact) mass is 444 g/mol. The second kappa shape index (κ2) is 7.37. The third kappa shape index (κ3) is 3.27. The second-order valence-electron chi connectivity index (χ2n) is 7.83. The van der Waals surface area contributed by atoms with Crippen molar-refractivity contribution in [2.24, 2.45) is 0 Å². The number of nitrogens with one attached hydrogen (secondary N) is 1. The number of aryl methyl sites for hydroxylation is 1. The van der Waals surface area contributed by atoms with Crippen LogP contribution in [-0.2, 0) is 4.79 Å². The van der Waals surface area contributed by atoms with Crippen molar-refractivity contribution in [3.63, 3.8) is 0 Å². The maximum Gasteiger partial charge on any atom is 0.272 e. The van der Waals surface area contributed by atoms with Crippen LogP contribution in [0.3, 0.4) is 0 Å². The smallest absolute Gasteiger partial charge is 0.272 e. The Hall–Kier alpha value is -4.34. The molecule has 0 saturated carbocycles. The van der Waals surface area contributed by atoms with Gasteiger partial charge in [0, 0.05) is 23.5 Å². The summed E-state index contributed by atoms with van der Waals surface area (Å²) in [5.74, 6) is 1.35. The van der Waals surface area contributed by atoms with Gasteiger partial charge in [-0.05, 0) is 48.9 Å². The van der Waals surface area contributed by atoms with E-state index in [9.17, 15) is 9.18 Å². The predicted molar refractivity (Wildman–Crippen MR) is 115 cm³/mol. The van der Waals surface area contributed by atoms with E-state index in [1.165, 1.54) is 23.0 Å². The molecule has 1 atom stereocenters. The van der Waals surface area contributed by atoms with Gasteiger partial charge in [-0.1, -0.05) is 6.07 Å². The fourth-order valence-corrected chi connectivity index (χ4v) is 4.25. The molecule has 164 valence electrons. The molecular formula is C23H17FN6O3. The van der Waals surface area contributed by atoms with Crippen LogP contribution >= 0.6 is 0 Å². The Kier molecular flexibility index (Phi) is 4.32. The fraction of sp³-hybridized carbons (Fsp3) is 0.174. The van der Waals surface area contributed by atoms with Crippen molar-refractivity contribution in [3.05, 3.63) is 71.3 Å². The number of carbonyl (C=O) groups is 1. The van der Waals surface area contributed by atoms with Crippen LogP contribution in [0.25, 0.3) is 17.2 Å². The summed E-state index contributed by atoms with van der Waals surface area (Å²) in [7, 11) is 0. The molecule has 33 heavy (non-hydrogen) atoms. The second-order valence-corrected chi connectivity index (χ2v) is 7.83. The number of hydrogen-bond donors (Lipinski definition) is 1. The number of anilines is 1. The Labute approximate surface area is 187 Å². The van der Waals surface area contributed by atoms with Crippen LogP contribution in [-0.4, -0.2) is 37.7 Å². The lowest BCUT2D eigenvalue weighted by Crippen LogP contribution is -2.25. The summed E-state index contributed by atoms with van der Waals surface area (Å²) in [4.78, 5) is 17.2. The summed E-state index contributed by atoms with van der Waals surface area (Å²) in [5, 5.41) is 15.7. The summed E-state index contributed by atoms with van der Waals surface area (Å²) in [6, 6.07) is 11.6. The van der Waals surface area contributed by atoms with Crippen molar-refractivity contribution < 1.29 is 18.7 Å². The highest BCUT2D eigenvalue weighted by Gasteiger charge is 2.34. The molecule has 0 bridgehead atoms. The molecule has 2 aliphatic rings. The molecule has 6 rings (SSSR count). The van der Waals surface area contributed by atoms with Crippen LogP contribution in [0.5, 0.6) is 11.5 Å². The van der Waals surface area contributed by atoms with Gasteiger partial charge >= 0.3 is 0 Å². The van der Waals surface area contributed by atoms with Gasteiger partial charge in [0.05, 0.1) is 17.6 Å². The van der Waals surface area contributed by atoms with Gasteiger partial charge in [0.1, 0.15) is 11.6 Å². The quantitative estimate of drug-likeness (QED) is 0.517. The maximum atomic E-state index is 13.3. The average Bonchev–Trinajstić information content (AvgIpc) is 3.43. The first-order chi connectivity index (χ1) is 16.1. The van der Waals surface area contributed by atoms with Crippen molar-refractivity contribution in [2.45, 2.75) is 19.3 Å². The van der Waals surface area contributed by atoms with Crippen LogP contribution in [0.2, 0.25) is 0 Å². The number of amides is 1. The normalized spacial score (nSPS) is 16.4. The molecule has 1 N–H and O–H groups in total. The SMILES string of the molecule is Cc1nn(-c2nncc(-c3ccc(F)cc3)n2)c2c1C(c1ccc3c(c1)OCO3)CC(=O)N2. The summed E-state index contributed by atoms with van der Waals surface area (Å²) in [5.41, 5.74) is 3.74. The molecule has 0 radical (unpaired) electrons. The lowest BCUT2D eigenvalue weighted by atomic mass is 9.85. The molecule has 0 fully saturated rings. The van der Waals surface area contributed by atoms with Gasteiger partial charge in [0.2, 0.25) is 12.7 Å². The number of hydrogen-bond acceptors (Lipinski definition) is 7. The molecule has 9 nitrogen and oxygen atoms in total. The molecule has 1 unspecified atom stereocenters. The molecule has 2 aromatic carbocycles. The van der Waals surface area contributed by atoms with E-state index in [1.54, 1.807) is 12.1 Å². The van der Waals surface area contributed by atoms with Gasteiger partial charge in [0.25, 0.3) is 5.95 Å². The number of nitrogens with zero attached hydrogens (tertiary/aromatic N) is 5. The van der Waals surface area contributed by atoms with E-state index in [-0.39, 0.29) is 36.8 Å². The van der Waals surface area contributed by atoms with E-state index in [0.29, 0.717) is 28.6 Å². The molecule has 0 saturated heterocycles. The molecule has 2 aliphatic heterocycles. The van der Waals surface area contributed by atoms with Gasteiger partial charge in [-0.15, -0.1) is 5.10 Å². The van der Waals surface area contributed by atoms with Gasteiger partial charge in [-0.25, -0.2) is 9.37 Å². The van der Waals surface area contributed by atoms with Crippen LogP contribution in [0, 0.1) is 12.7 Å². The topological polar surface area (TPSA) is 104 Å². The maximum absolute atomic E-state index is 13.3. The van der Waals surface area contributed by atoms with E-state index in [2.05, 4.69) is 25.6 Å². The molecule has 10 heteroatoms. The highest BCUT2D eigenvalue weighted by Crippen LogP contribution is 2.43. The van der Waals surface area contributed by atoms with Gasteiger partial charge in [-0.2, -0.15) is 14.9 Å². The number of rotatable bonds is 3. The molecular weight excluding hydrogens is 427 g/mol. The van der Waals surface area contributed by atoms with Gasteiger partial charge in [0.15, 0.2) is 11.5 Å². The lowest BCUT2D eigenvalue weighted by Gasteiger charge is -2.24. The Morgan fingerprint density at radius 1 is 1.12 bits per heavy atom. The number of carbonyl (C=O) groups excluding carboxylic acids is 1. The Bertz CT molecular complexity index is 1400. The van der Waals surface area contributed by atoms with Crippen LogP contribution in [0.15, 0.2) is 48.7 Å². The molecule has 0 spiro atoms. The summed E-state index contributed by atoms with van der Waals surface area (Å²) in [6.45, 7) is 2.06. The highest BCUT2D eigenvalue weighted by molar-refractivity contribution is 5.95. The van der Waals surface area contributed by atoms with Crippen LogP contribution < -0.4 is 14.8 Å². The summed E-state index contributed by atoms with van der Waals surface area (Å²) in [6.07, 6.45) is 1.77. The van der Waals surface area contributed by atoms with E-state index < -0.39 is 0 Å². The zero-order valence-corrected chi connectivity index (χ0v) is 17.4. The van der Waals surface area contributed by atoms with E-state index in [0.717, 1.165) is 16.8 Å². The summed E-state index contributed by atoms with van der Waals surface area (Å²) < 4.78 is 25.7. The Morgan fingerprint density at radius 3 is 2.79 bits per heavy atom. The van der Waals surface area contributed by atoms with E-state index in [1.807, 2.05) is 25.1 Å². The van der Waals surface area contributed by atoms with Gasteiger partial charge in [-0.3, -0.25) is 4.79 Å². The number of aromatic nitrogens is 5. The third-order valence-corrected chi connectivity index (χ3v) is 5.78. The van der Waals surface area contributed by atoms with Crippen molar-refractivity contribution in [1.29, 1.82) is 0 Å². The minimum absolute atomic E-state index is 0.144. The van der Waals surface area contributed by atoms with Crippen LogP contribution in [0.1, 0.15) is 29.2 Å². The van der Waals surface area contributed by atoms with Gasteiger partial charge < -0.3 is 14.8 Å². The average molecular weight is 444 g/mol. The van der Waals surface area contributed by atoms with Crippen molar-refractivity contribution in [1.82, 2.24) is 25.0 Å². The van der Waals surface area contributed by atoms with E-state index >= 15 is 0 Å². The van der Waals surface area contributed by atoms with Crippen LogP contribution in [0.4, 0.5) is 10.2 Å². The first kappa shape index (κ1) is 19.4. The molecule has 4 heterocycles.